The lowest BCUT2D eigenvalue weighted by molar-refractivity contribution is -0.118. The number of nitrogens with zero attached hydrogens (tertiary/aromatic N) is 3. The van der Waals surface area contributed by atoms with E-state index in [1.165, 1.54) is 4.31 Å². The highest BCUT2D eigenvalue weighted by Crippen LogP contribution is 2.26. The molecule has 0 unspecified atom stereocenters. The van der Waals surface area contributed by atoms with Gasteiger partial charge in [-0.1, -0.05) is 18.2 Å². The van der Waals surface area contributed by atoms with Crippen molar-refractivity contribution in [1.29, 1.82) is 0 Å². The minimum Gasteiger partial charge on any atom is -0.311 e. The Morgan fingerprint density at radius 3 is 2.57 bits per heavy atom. The molecule has 0 aliphatic carbocycles. The highest BCUT2D eigenvalue weighted by atomic mass is 32.2. The molecule has 1 aromatic carbocycles. The number of benzene rings is 1. The zero-order valence-corrected chi connectivity index (χ0v) is 14.8. The molecule has 0 saturated heterocycles. The van der Waals surface area contributed by atoms with Gasteiger partial charge in [0.05, 0.1) is 12.8 Å². The molecule has 0 bridgehead atoms. The van der Waals surface area contributed by atoms with E-state index in [4.69, 9.17) is 0 Å². The standard InChI is InChI=1S/C16H25N3O3S/c1-17(2)11-12-18(23(3,21)22)13-16(20)19-10-6-8-14-7-4-5-9-15(14)19/h4-5,7,9H,6,8,10-13H2,1-3H3. The molecule has 0 spiro atoms. The van der Waals surface area contributed by atoms with Gasteiger partial charge in [-0.05, 0) is 38.6 Å². The Balaban J connectivity index is 2.13. The van der Waals surface area contributed by atoms with Gasteiger partial charge in [-0.25, -0.2) is 8.42 Å². The van der Waals surface area contributed by atoms with Crippen LogP contribution < -0.4 is 4.90 Å². The fourth-order valence-corrected chi connectivity index (χ4v) is 3.46. The Morgan fingerprint density at radius 1 is 1.22 bits per heavy atom. The summed E-state index contributed by atoms with van der Waals surface area (Å²) in [5.41, 5.74) is 2.05. The maximum absolute atomic E-state index is 12.7. The summed E-state index contributed by atoms with van der Waals surface area (Å²) < 4.78 is 25.1. The fraction of sp³-hybridized carbons (Fsp3) is 0.562. The average Bonchev–Trinajstić information content (AvgIpc) is 2.49. The van der Waals surface area contributed by atoms with E-state index in [1.807, 2.05) is 43.3 Å². The van der Waals surface area contributed by atoms with Crippen LogP contribution in [-0.2, 0) is 21.2 Å². The maximum atomic E-state index is 12.7. The van der Waals surface area contributed by atoms with Gasteiger partial charge in [-0.3, -0.25) is 4.79 Å². The van der Waals surface area contributed by atoms with Crippen molar-refractivity contribution in [3.8, 4) is 0 Å². The van der Waals surface area contributed by atoms with Gasteiger partial charge in [-0.15, -0.1) is 0 Å². The zero-order chi connectivity index (χ0) is 17.0. The maximum Gasteiger partial charge on any atom is 0.242 e. The van der Waals surface area contributed by atoms with Crippen LogP contribution in [0.2, 0.25) is 0 Å². The first-order valence-electron chi connectivity index (χ1n) is 7.77. The summed E-state index contributed by atoms with van der Waals surface area (Å²) in [6.07, 6.45) is 3.01. The summed E-state index contributed by atoms with van der Waals surface area (Å²) in [5, 5.41) is 0. The van der Waals surface area contributed by atoms with Crippen LogP contribution in [-0.4, -0.2) is 70.1 Å². The minimum absolute atomic E-state index is 0.110. The number of aryl methyl sites for hydroxylation is 1. The van der Waals surface area contributed by atoms with Gasteiger partial charge in [0.25, 0.3) is 0 Å². The van der Waals surface area contributed by atoms with Crippen LogP contribution in [0.25, 0.3) is 0 Å². The lowest BCUT2D eigenvalue weighted by Crippen LogP contribution is -2.46. The molecule has 6 nitrogen and oxygen atoms in total. The quantitative estimate of drug-likeness (QED) is 0.769. The topological polar surface area (TPSA) is 60.9 Å². The first kappa shape index (κ1) is 17.9. The highest BCUT2D eigenvalue weighted by Gasteiger charge is 2.26. The van der Waals surface area contributed by atoms with Crippen LogP contribution in [0.3, 0.4) is 0 Å². The van der Waals surface area contributed by atoms with Crippen molar-refractivity contribution in [3.05, 3.63) is 29.8 Å². The summed E-state index contributed by atoms with van der Waals surface area (Å²) in [5.74, 6) is -0.165. The molecule has 1 aliphatic heterocycles. The molecule has 23 heavy (non-hydrogen) atoms. The molecule has 0 radical (unpaired) electrons. The predicted molar refractivity (Wildman–Crippen MR) is 92.1 cm³/mol. The van der Waals surface area contributed by atoms with Crippen LogP contribution in [0.4, 0.5) is 5.69 Å². The summed E-state index contributed by atoms with van der Waals surface area (Å²) in [6, 6.07) is 7.82. The van der Waals surface area contributed by atoms with E-state index < -0.39 is 10.0 Å². The molecule has 1 aromatic rings. The number of hydrogen-bond donors (Lipinski definition) is 0. The Morgan fingerprint density at radius 2 is 1.91 bits per heavy atom. The summed E-state index contributed by atoms with van der Waals surface area (Å²) >= 11 is 0. The number of sulfonamides is 1. The van der Waals surface area contributed by atoms with Gasteiger partial charge in [0.1, 0.15) is 0 Å². The van der Waals surface area contributed by atoms with Crippen molar-refractivity contribution in [1.82, 2.24) is 9.21 Å². The van der Waals surface area contributed by atoms with Crippen LogP contribution >= 0.6 is 0 Å². The molecule has 0 atom stereocenters. The molecule has 0 N–H and O–H groups in total. The van der Waals surface area contributed by atoms with Gasteiger partial charge < -0.3 is 9.80 Å². The second-order valence-electron chi connectivity index (χ2n) is 6.18. The van der Waals surface area contributed by atoms with Gasteiger partial charge in [0, 0.05) is 25.3 Å². The summed E-state index contributed by atoms with van der Waals surface area (Å²) in [6.45, 7) is 1.42. The molecule has 0 fully saturated rings. The van der Waals surface area contributed by atoms with Crippen molar-refractivity contribution < 1.29 is 13.2 Å². The lowest BCUT2D eigenvalue weighted by atomic mass is 10.0. The van der Waals surface area contributed by atoms with E-state index in [9.17, 15) is 13.2 Å². The van der Waals surface area contributed by atoms with Gasteiger partial charge in [0.15, 0.2) is 0 Å². The number of amides is 1. The molecular weight excluding hydrogens is 314 g/mol. The third kappa shape index (κ3) is 4.76. The number of para-hydroxylation sites is 1. The monoisotopic (exact) mass is 339 g/mol. The number of anilines is 1. The normalized spacial score (nSPS) is 15.1. The van der Waals surface area contributed by atoms with E-state index in [-0.39, 0.29) is 12.5 Å². The Bertz CT molecular complexity index is 658. The molecule has 128 valence electrons. The van der Waals surface area contributed by atoms with E-state index in [0.717, 1.165) is 30.3 Å². The molecule has 2 rings (SSSR count). The van der Waals surface area contributed by atoms with E-state index in [0.29, 0.717) is 19.6 Å². The van der Waals surface area contributed by atoms with Crippen molar-refractivity contribution >= 4 is 21.6 Å². The summed E-state index contributed by atoms with van der Waals surface area (Å²) in [4.78, 5) is 16.3. The molecule has 1 amide bonds. The first-order chi connectivity index (χ1) is 10.8. The number of carbonyl (C=O) groups is 1. The molecule has 1 heterocycles. The fourth-order valence-electron chi connectivity index (χ4n) is 2.70. The number of hydrogen-bond acceptors (Lipinski definition) is 4. The van der Waals surface area contributed by atoms with Crippen molar-refractivity contribution in [2.45, 2.75) is 12.8 Å². The van der Waals surface area contributed by atoms with Crippen LogP contribution in [0, 0.1) is 0 Å². The van der Waals surface area contributed by atoms with E-state index >= 15 is 0 Å². The van der Waals surface area contributed by atoms with Crippen molar-refractivity contribution in [2.24, 2.45) is 0 Å². The second kappa shape index (κ2) is 7.42. The number of rotatable bonds is 6. The largest absolute Gasteiger partial charge is 0.311 e. The van der Waals surface area contributed by atoms with Crippen molar-refractivity contribution in [3.63, 3.8) is 0 Å². The van der Waals surface area contributed by atoms with Crippen LogP contribution in [0.1, 0.15) is 12.0 Å². The smallest absolute Gasteiger partial charge is 0.242 e. The molecule has 0 aromatic heterocycles. The first-order valence-corrected chi connectivity index (χ1v) is 9.62. The van der Waals surface area contributed by atoms with E-state index in [1.54, 1.807) is 4.90 Å². The Kier molecular flexibility index (Phi) is 5.78. The molecule has 1 aliphatic rings. The number of fused-ring (bicyclic) bond motifs is 1. The second-order valence-corrected chi connectivity index (χ2v) is 8.16. The third-order valence-electron chi connectivity index (χ3n) is 3.99. The van der Waals surface area contributed by atoms with Gasteiger partial charge in [-0.2, -0.15) is 4.31 Å². The molecule has 7 heteroatoms. The van der Waals surface area contributed by atoms with Crippen LogP contribution in [0.15, 0.2) is 24.3 Å². The SMILES string of the molecule is CN(C)CCN(CC(=O)N1CCCc2ccccc21)S(C)(=O)=O. The predicted octanol–water partition coefficient (Wildman–Crippen LogP) is 0.789. The minimum atomic E-state index is -3.41. The average molecular weight is 339 g/mol. The highest BCUT2D eigenvalue weighted by molar-refractivity contribution is 7.88. The third-order valence-corrected chi connectivity index (χ3v) is 5.24. The van der Waals surface area contributed by atoms with Crippen molar-refractivity contribution in [2.75, 3.05) is 51.4 Å². The molecular formula is C16H25N3O3S. The molecule has 0 saturated carbocycles. The summed E-state index contributed by atoms with van der Waals surface area (Å²) in [7, 11) is 0.344. The van der Waals surface area contributed by atoms with E-state index in [2.05, 4.69) is 0 Å². The van der Waals surface area contributed by atoms with Gasteiger partial charge >= 0.3 is 0 Å². The number of carbonyl (C=O) groups excluding carboxylic acids is 1. The lowest BCUT2D eigenvalue weighted by Gasteiger charge is -2.31. The Labute approximate surface area is 138 Å². The Hall–Kier alpha value is -1.44. The zero-order valence-electron chi connectivity index (χ0n) is 14.0. The number of likely N-dealkylation sites (N-methyl/N-ethyl adjacent to an activating group) is 1. The van der Waals surface area contributed by atoms with Crippen LogP contribution in [0.5, 0.6) is 0 Å². The van der Waals surface area contributed by atoms with Gasteiger partial charge in [0.2, 0.25) is 15.9 Å².